The summed E-state index contributed by atoms with van der Waals surface area (Å²) in [6, 6.07) is 11.7. The molecule has 1 aromatic heterocycles. The predicted molar refractivity (Wildman–Crippen MR) is 122 cm³/mol. The molecule has 2 aliphatic heterocycles. The van der Waals surface area contributed by atoms with Gasteiger partial charge in [0.1, 0.15) is 5.54 Å². The molecule has 2 fully saturated rings. The molecule has 3 aliphatic rings. The number of rotatable bonds is 4. The van der Waals surface area contributed by atoms with E-state index in [1.165, 1.54) is 10.4 Å². The third-order valence-electron chi connectivity index (χ3n) is 7.05. The number of fused-ring (bicyclic) bond motifs is 1. The highest BCUT2D eigenvalue weighted by atomic mass is 32.1. The number of nitrogens with one attached hydrogen (secondary N) is 2. The summed E-state index contributed by atoms with van der Waals surface area (Å²) in [6.07, 6.45) is 3.91. The molecular formula is C24H28N4O3S. The quantitative estimate of drug-likeness (QED) is 0.698. The van der Waals surface area contributed by atoms with Crippen LogP contribution in [0.4, 0.5) is 4.79 Å². The van der Waals surface area contributed by atoms with E-state index in [2.05, 4.69) is 46.1 Å². The van der Waals surface area contributed by atoms with Gasteiger partial charge in [0.25, 0.3) is 11.8 Å². The monoisotopic (exact) mass is 452 g/mol. The zero-order valence-corrected chi connectivity index (χ0v) is 19.0. The normalized spacial score (nSPS) is 28.0. The van der Waals surface area contributed by atoms with E-state index in [1.54, 1.807) is 11.3 Å². The molecular weight excluding hydrogens is 424 g/mol. The van der Waals surface area contributed by atoms with Crippen LogP contribution in [0, 0.1) is 5.92 Å². The van der Waals surface area contributed by atoms with Crippen molar-refractivity contribution in [2.24, 2.45) is 5.92 Å². The fourth-order valence-electron chi connectivity index (χ4n) is 5.22. The Morgan fingerprint density at radius 1 is 1.19 bits per heavy atom. The summed E-state index contributed by atoms with van der Waals surface area (Å²) in [6.45, 7) is 3.01. The number of hydrazine groups is 1. The number of hydrogen-bond acceptors (Lipinski definition) is 5. The van der Waals surface area contributed by atoms with Crippen LogP contribution in [0.3, 0.4) is 0 Å². The molecule has 5 rings (SSSR count). The Morgan fingerprint density at radius 2 is 1.94 bits per heavy atom. The standard InChI is InChI=1S/C24H28N4O3S/c1-16-7-11-24(12-8-16)22(30)28(23(31)25-24)26-20(29)15-27-13-9-19-18(10-14-32-19)21(27)17-5-3-2-4-6-17/h2-6,10,14,16,21H,7-9,11-13,15H2,1H3,(H,25,31)(H,26,29)/t16?,21-,24?/m1/s1. The number of carbonyl (C=O) groups is 3. The van der Waals surface area contributed by atoms with Crippen molar-refractivity contribution in [3.05, 3.63) is 57.8 Å². The zero-order valence-electron chi connectivity index (χ0n) is 18.2. The van der Waals surface area contributed by atoms with Gasteiger partial charge in [-0.2, -0.15) is 5.01 Å². The lowest BCUT2D eigenvalue weighted by Gasteiger charge is -2.36. The van der Waals surface area contributed by atoms with Gasteiger partial charge in [0.15, 0.2) is 0 Å². The molecule has 1 saturated heterocycles. The average Bonchev–Trinajstić information content (AvgIpc) is 3.35. The summed E-state index contributed by atoms with van der Waals surface area (Å²) in [4.78, 5) is 42.1. The molecule has 0 unspecified atom stereocenters. The Kier molecular flexibility index (Phi) is 5.51. The van der Waals surface area contributed by atoms with Crippen LogP contribution < -0.4 is 10.7 Å². The van der Waals surface area contributed by atoms with Crippen molar-refractivity contribution in [3.63, 3.8) is 0 Å². The van der Waals surface area contributed by atoms with Crippen LogP contribution in [0.15, 0.2) is 41.8 Å². The van der Waals surface area contributed by atoms with Gasteiger partial charge in [0.2, 0.25) is 0 Å². The molecule has 32 heavy (non-hydrogen) atoms. The second-order valence-electron chi connectivity index (χ2n) is 9.20. The highest BCUT2D eigenvalue weighted by Gasteiger charge is 2.53. The number of nitrogens with zero attached hydrogens (tertiary/aromatic N) is 2. The van der Waals surface area contributed by atoms with Gasteiger partial charge in [0.05, 0.1) is 12.6 Å². The highest BCUT2D eigenvalue weighted by molar-refractivity contribution is 7.10. The first-order chi connectivity index (χ1) is 15.5. The molecule has 4 amide bonds. The SMILES string of the molecule is CC1CCC2(CC1)NC(=O)N(NC(=O)CN1CCc3sccc3[C@H]1c1ccccc1)C2=O. The summed E-state index contributed by atoms with van der Waals surface area (Å²) < 4.78 is 0. The molecule has 2 N–H and O–H groups in total. The number of benzene rings is 1. The predicted octanol–water partition coefficient (Wildman–Crippen LogP) is 3.23. The van der Waals surface area contributed by atoms with Crippen LogP contribution in [-0.2, 0) is 16.0 Å². The number of amides is 4. The first kappa shape index (κ1) is 21.2. The molecule has 2 aromatic rings. The van der Waals surface area contributed by atoms with E-state index in [0.717, 1.165) is 36.4 Å². The van der Waals surface area contributed by atoms with E-state index in [-0.39, 0.29) is 24.4 Å². The van der Waals surface area contributed by atoms with Gasteiger partial charge in [-0.3, -0.25) is 19.9 Å². The molecule has 8 heteroatoms. The maximum Gasteiger partial charge on any atom is 0.344 e. The van der Waals surface area contributed by atoms with Crippen molar-refractivity contribution in [1.29, 1.82) is 0 Å². The minimum atomic E-state index is -0.861. The van der Waals surface area contributed by atoms with Crippen LogP contribution >= 0.6 is 11.3 Å². The molecule has 1 spiro atoms. The lowest BCUT2D eigenvalue weighted by Crippen LogP contribution is -2.53. The number of imide groups is 1. The van der Waals surface area contributed by atoms with Crippen molar-refractivity contribution in [1.82, 2.24) is 20.7 Å². The first-order valence-electron chi connectivity index (χ1n) is 11.3. The Labute approximate surface area is 191 Å². The van der Waals surface area contributed by atoms with Crippen LogP contribution in [0.5, 0.6) is 0 Å². The van der Waals surface area contributed by atoms with Crippen LogP contribution in [-0.4, -0.2) is 46.4 Å². The Balaban J connectivity index is 1.30. The fourth-order valence-corrected chi connectivity index (χ4v) is 6.13. The summed E-state index contributed by atoms with van der Waals surface area (Å²) in [5, 5.41) is 5.85. The Morgan fingerprint density at radius 3 is 2.69 bits per heavy atom. The fraction of sp³-hybridized carbons (Fsp3) is 0.458. The van der Waals surface area contributed by atoms with E-state index in [1.807, 2.05) is 18.2 Å². The van der Waals surface area contributed by atoms with E-state index >= 15 is 0 Å². The van der Waals surface area contributed by atoms with E-state index in [0.29, 0.717) is 18.8 Å². The molecule has 3 heterocycles. The Hall–Kier alpha value is -2.71. The van der Waals surface area contributed by atoms with Crippen LogP contribution in [0.25, 0.3) is 0 Å². The zero-order chi connectivity index (χ0) is 22.3. The summed E-state index contributed by atoms with van der Waals surface area (Å²) in [7, 11) is 0. The van der Waals surface area contributed by atoms with Gasteiger partial charge in [0, 0.05) is 11.4 Å². The molecule has 0 bridgehead atoms. The number of hydrogen-bond donors (Lipinski definition) is 2. The third-order valence-corrected chi connectivity index (χ3v) is 8.05. The molecule has 168 valence electrons. The molecule has 1 aromatic carbocycles. The smallest absolute Gasteiger partial charge is 0.322 e. The molecule has 7 nitrogen and oxygen atoms in total. The largest absolute Gasteiger partial charge is 0.344 e. The number of carbonyl (C=O) groups excluding carboxylic acids is 3. The second kappa shape index (κ2) is 8.33. The van der Waals surface area contributed by atoms with Crippen molar-refractivity contribution in [2.45, 2.75) is 50.6 Å². The van der Waals surface area contributed by atoms with Crippen molar-refractivity contribution < 1.29 is 14.4 Å². The first-order valence-corrected chi connectivity index (χ1v) is 12.2. The number of thiophene rings is 1. The lowest BCUT2D eigenvalue weighted by atomic mass is 9.77. The van der Waals surface area contributed by atoms with E-state index in [4.69, 9.17) is 0 Å². The van der Waals surface area contributed by atoms with E-state index < -0.39 is 11.6 Å². The lowest BCUT2D eigenvalue weighted by molar-refractivity contribution is -0.140. The minimum absolute atomic E-state index is 0.0220. The summed E-state index contributed by atoms with van der Waals surface area (Å²) in [5.74, 6) is -0.138. The Bertz CT molecular complexity index is 1030. The average molecular weight is 453 g/mol. The minimum Gasteiger partial charge on any atom is -0.322 e. The maximum atomic E-state index is 13.1. The van der Waals surface area contributed by atoms with Gasteiger partial charge < -0.3 is 5.32 Å². The van der Waals surface area contributed by atoms with E-state index in [9.17, 15) is 14.4 Å². The van der Waals surface area contributed by atoms with Gasteiger partial charge in [-0.05, 0) is 60.6 Å². The molecule has 1 aliphatic carbocycles. The van der Waals surface area contributed by atoms with Gasteiger partial charge >= 0.3 is 6.03 Å². The van der Waals surface area contributed by atoms with Crippen molar-refractivity contribution in [3.8, 4) is 0 Å². The highest BCUT2D eigenvalue weighted by Crippen LogP contribution is 2.38. The summed E-state index contributed by atoms with van der Waals surface area (Å²) in [5.41, 5.74) is 4.09. The molecule has 1 saturated carbocycles. The van der Waals surface area contributed by atoms with Gasteiger partial charge in [-0.15, -0.1) is 11.3 Å². The second-order valence-corrected chi connectivity index (χ2v) is 10.2. The molecule has 0 radical (unpaired) electrons. The van der Waals surface area contributed by atoms with Crippen LogP contribution in [0.1, 0.15) is 54.7 Å². The van der Waals surface area contributed by atoms with Crippen LogP contribution in [0.2, 0.25) is 0 Å². The van der Waals surface area contributed by atoms with Crippen molar-refractivity contribution >= 4 is 29.2 Å². The topological polar surface area (TPSA) is 81.8 Å². The van der Waals surface area contributed by atoms with Gasteiger partial charge in [-0.25, -0.2) is 4.79 Å². The number of urea groups is 1. The molecule has 1 atom stereocenters. The summed E-state index contributed by atoms with van der Waals surface area (Å²) >= 11 is 1.75. The third kappa shape index (κ3) is 3.71. The van der Waals surface area contributed by atoms with Crippen molar-refractivity contribution in [2.75, 3.05) is 13.1 Å². The van der Waals surface area contributed by atoms with Gasteiger partial charge in [-0.1, -0.05) is 37.3 Å². The maximum absolute atomic E-state index is 13.1.